The average Bonchev–Trinajstić information content (AvgIpc) is 3.54. The molecule has 3 unspecified atom stereocenters. The molecule has 4 heterocycles. The Hall–Kier alpha value is -1.88. The van der Waals surface area contributed by atoms with Gasteiger partial charge < -0.3 is 24.4 Å². The van der Waals surface area contributed by atoms with Crippen molar-refractivity contribution in [3.05, 3.63) is 25.3 Å². The molecule has 0 radical (unpaired) electrons. The van der Waals surface area contributed by atoms with Gasteiger partial charge in [-0.05, 0) is 31.6 Å². The Bertz CT molecular complexity index is 923. The van der Waals surface area contributed by atoms with Crippen molar-refractivity contribution >= 4 is 29.5 Å². The molecule has 10 heteroatoms. The van der Waals surface area contributed by atoms with Crippen LogP contribution in [0.3, 0.4) is 0 Å². The molecular weight excluding hydrogens is 518 g/mol. The average molecular weight is 564 g/mol. The number of unbranched alkanes of at least 4 members (excludes halogenated alkanes) is 1. The van der Waals surface area contributed by atoms with Crippen molar-refractivity contribution in [1.29, 1.82) is 0 Å². The number of rotatable bonds is 14. The Labute approximate surface area is 236 Å². The Balaban J connectivity index is 1.65. The number of aliphatic hydroxyl groups excluding tert-OH is 1. The summed E-state index contributed by atoms with van der Waals surface area (Å²) in [5.41, 5.74) is 0. The van der Waals surface area contributed by atoms with E-state index in [4.69, 9.17) is 9.47 Å². The summed E-state index contributed by atoms with van der Waals surface area (Å²) in [5, 5.41) is 10.2. The number of ether oxygens (including phenoxy) is 2. The van der Waals surface area contributed by atoms with Crippen LogP contribution < -0.4 is 0 Å². The maximum Gasteiger partial charge on any atom is 0.310 e. The Kier molecular flexibility index (Phi) is 10.2. The number of hydrogen-bond donors (Lipinski definition) is 1. The summed E-state index contributed by atoms with van der Waals surface area (Å²) in [7, 11) is 0. The fourth-order valence-electron chi connectivity index (χ4n) is 7.02. The van der Waals surface area contributed by atoms with E-state index in [0.29, 0.717) is 45.7 Å². The van der Waals surface area contributed by atoms with Gasteiger partial charge in [-0.1, -0.05) is 26.0 Å². The Morgan fingerprint density at radius 2 is 2.05 bits per heavy atom. The molecule has 39 heavy (non-hydrogen) atoms. The standard InChI is InChI=1S/C29H45N3O6S/c1-5-8-9-15-38-28(36)23-22-18-20(4)29(39-22)24(23)26(34)32(21(7-3)19-33)25(29)27(35)31(10-6-2)12-11-30-13-16-37-17-14-30/h5-6,20-25,33H,1-2,7-19H2,3-4H3/t20?,21-,22+,23-,24-,25?,29?/m0/s1. The minimum Gasteiger partial charge on any atom is -0.465 e. The van der Waals surface area contributed by atoms with Gasteiger partial charge in [0.15, 0.2) is 0 Å². The van der Waals surface area contributed by atoms with Crippen molar-refractivity contribution in [1.82, 2.24) is 14.7 Å². The van der Waals surface area contributed by atoms with Gasteiger partial charge >= 0.3 is 5.97 Å². The number of carbonyl (C=O) groups excluding carboxylic acids is 3. The number of aliphatic hydroxyl groups is 1. The Morgan fingerprint density at radius 3 is 2.69 bits per heavy atom. The van der Waals surface area contributed by atoms with Crippen LogP contribution >= 0.6 is 11.8 Å². The van der Waals surface area contributed by atoms with Crippen LogP contribution in [0.5, 0.6) is 0 Å². The molecule has 0 saturated carbocycles. The zero-order valence-corrected chi connectivity index (χ0v) is 24.3. The minimum atomic E-state index is -0.750. The van der Waals surface area contributed by atoms with E-state index >= 15 is 0 Å². The molecule has 2 amide bonds. The number of likely N-dealkylation sites (tertiary alicyclic amines) is 1. The van der Waals surface area contributed by atoms with Crippen LogP contribution in [0.15, 0.2) is 25.3 Å². The van der Waals surface area contributed by atoms with E-state index in [1.807, 2.05) is 6.92 Å². The van der Waals surface area contributed by atoms with Crippen LogP contribution in [-0.4, -0.2) is 119 Å². The second kappa shape index (κ2) is 13.2. The summed E-state index contributed by atoms with van der Waals surface area (Å²) in [6.07, 6.45) is 6.23. The molecule has 4 fully saturated rings. The zero-order chi connectivity index (χ0) is 28.2. The maximum atomic E-state index is 14.5. The van der Waals surface area contributed by atoms with E-state index in [0.717, 1.165) is 25.9 Å². The third kappa shape index (κ3) is 5.54. The first-order chi connectivity index (χ1) is 18.8. The molecule has 218 valence electrons. The van der Waals surface area contributed by atoms with Crippen LogP contribution in [-0.2, 0) is 23.9 Å². The number of thioether (sulfide) groups is 1. The van der Waals surface area contributed by atoms with Crippen molar-refractivity contribution in [2.45, 2.75) is 61.6 Å². The summed E-state index contributed by atoms with van der Waals surface area (Å²) in [4.78, 5) is 47.9. The first-order valence-corrected chi connectivity index (χ1v) is 15.3. The summed E-state index contributed by atoms with van der Waals surface area (Å²) in [6.45, 7) is 16.3. The highest BCUT2D eigenvalue weighted by Crippen LogP contribution is 2.69. The predicted octanol–water partition coefficient (Wildman–Crippen LogP) is 1.95. The van der Waals surface area contributed by atoms with Crippen molar-refractivity contribution in [2.24, 2.45) is 17.8 Å². The van der Waals surface area contributed by atoms with Gasteiger partial charge in [-0.3, -0.25) is 19.3 Å². The molecule has 1 spiro atoms. The molecular formula is C29H45N3O6S. The van der Waals surface area contributed by atoms with Crippen molar-refractivity contribution in [3.8, 4) is 0 Å². The molecule has 2 bridgehead atoms. The molecule has 0 aromatic heterocycles. The minimum absolute atomic E-state index is 0.0613. The number of hydrogen-bond acceptors (Lipinski definition) is 8. The highest BCUT2D eigenvalue weighted by atomic mass is 32.2. The maximum absolute atomic E-state index is 14.5. The van der Waals surface area contributed by atoms with Crippen LogP contribution in [0.1, 0.15) is 39.5 Å². The van der Waals surface area contributed by atoms with E-state index in [1.165, 1.54) is 0 Å². The number of carbonyl (C=O) groups is 3. The van der Waals surface area contributed by atoms with Crippen LogP contribution in [0.4, 0.5) is 0 Å². The van der Waals surface area contributed by atoms with Gasteiger partial charge in [0, 0.05) is 38.0 Å². The molecule has 4 saturated heterocycles. The lowest BCUT2D eigenvalue weighted by Crippen LogP contribution is -2.59. The van der Waals surface area contributed by atoms with Gasteiger partial charge in [-0.25, -0.2) is 0 Å². The quantitative estimate of drug-likeness (QED) is 0.195. The van der Waals surface area contributed by atoms with E-state index < -0.39 is 28.7 Å². The number of fused-ring (bicyclic) bond motifs is 1. The number of amides is 2. The van der Waals surface area contributed by atoms with Crippen molar-refractivity contribution in [3.63, 3.8) is 0 Å². The van der Waals surface area contributed by atoms with Gasteiger partial charge in [-0.15, -0.1) is 24.9 Å². The number of allylic oxidation sites excluding steroid dienone is 1. The van der Waals surface area contributed by atoms with Crippen LogP contribution in [0, 0.1) is 17.8 Å². The first-order valence-electron chi connectivity index (χ1n) is 14.4. The molecule has 0 aromatic carbocycles. The van der Waals surface area contributed by atoms with Crippen molar-refractivity contribution in [2.75, 3.05) is 59.2 Å². The molecule has 4 aliphatic rings. The Morgan fingerprint density at radius 1 is 1.31 bits per heavy atom. The molecule has 9 nitrogen and oxygen atoms in total. The van der Waals surface area contributed by atoms with E-state index in [9.17, 15) is 19.5 Å². The van der Waals surface area contributed by atoms with Crippen molar-refractivity contribution < 1.29 is 29.0 Å². The SMILES string of the molecule is C=CCCCOC(=O)[C@@H]1[C@H]2C(=O)N([C@@H](CC)CO)C(C(=O)N(CC=C)CCN3CCOCC3)C23S[C@@H]1CC3C. The summed E-state index contributed by atoms with van der Waals surface area (Å²) in [6, 6.07) is -1.24. The monoisotopic (exact) mass is 563 g/mol. The molecule has 4 rings (SSSR count). The molecule has 0 aliphatic carbocycles. The predicted molar refractivity (Wildman–Crippen MR) is 151 cm³/mol. The van der Waals surface area contributed by atoms with E-state index in [-0.39, 0.29) is 42.2 Å². The van der Waals surface area contributed by atoms with Gasteiger partial charge in [0.2, 0.25) is 11.8 Å². The van der Waals surface area contributed by atoms with E-state index in [2.05, 4.69) is 25.0 Å². The normalized spacial score (nSPS) is 32.6. The first kappa shape index (κ1) is 30.1. The highest BCUT2D eigenvalue weighted by molar-refractivity contribution is 8.02. The summed E-state index contributed by atoms with van der Waals surface area (Å²) in [5.74, 6) is -1.82. The van der Waals surface area contributed by atoms with Crippen LogP contribution in [0.25, 0.3) is 0 Å². The second-order valence-electron chi connectivity index (χ2n) is 11.2. The molecule has 0 aromatic rings. The lowest BCUT2D eigenvalue weighted by atomic mass is 9.66. The van der Waals surface area contributed by atoms with Gasteiger partial charge in [0.05, 0.1) is 49.1 Å². The lowest BCUT2D eigenvalue weighted by Gasteiger charge is -2.42. The highest BCUT2D eigenvalue weighted by Gasteiger charge is 2.77. The van der Waals surface area contributed by atoms with Gasteiger partial charge in [0.25, 0.3) is 0 Å². The third-order valence-electron chi connectivity index (χ3n) is 9.01. The zero-order valence-electron chi connectivity index (χ0n) is 23.5. The third-order valence-corrected chi connectivity index (χ3v) is 11.1. The second-order valence-corrected chi connectivity index (χ2v) is 12.7. The van der Waals surface area contributed by atoms with Crippen LogP contribution in [0.2, 0.25) is 0 Å². The topological polar surface area (TPSA) is 99.6 Å². The fraction of sp³-hybridized carbons (Fsp3) is 0.759. The fourth-order valence-corrected chi connectivity index (χ4v) is 9.41. The van der Waals surface area contributed by atoms with E-state index in [1.54, 1.807) is 33.7 Å². The largest absolute Gasteiger partial charge is 0.465 e. The molecule has 1 N–H and O–H groups in total. The number of esters is 1. The summed E-state index contributed by atoms with van der Waals surface area (Å²) >= 11 is 1.64. The number of nitrogens with zero attached hydrogens (tertiary/aromatic N) is 3. The molecule has 4 aliphatic heterocycles. The smallest absolute Gasteiger partial charge is 0.310 e. The summed E-state index contributed by atoms with van der Waals surface area (Å²) < 4.78 is 10.4. The van der Waals surface area contributed by atoms with Gasteiger partial charge in [-0.2, -0.15) is 0 Å². The lowest BCUT2D eigenvalue weighted by molar-refractivity contribution is -0.155. The molecule has 7 atom stereocenters. The number of morpholine rings is 1. The van der Waals surface area contributed by atoms with Gasteiger partial charge in [0.1, 0.15) is 6.04 Å².